The zero-order valence-corrected chi connectivity index (χ0v) is 19.3. The third kappa shape index (κ3) is 4.40. The van der Waals surface area contributed by atoms with Crippen LogP contribution in [0.15, 0.2) is 46.8 Å². The summed E-state index contributed by atoms with van der Waals surface area (Å²) >= 11 is 0. The minimum atomic E-state index is -1.06. The molecule has 0 unspecified atom stereocenters. The van der Waals surface area contributed by atoms with E-state index in [9.17, 15) is 24.5 Å². The maximum absolute atomic E-state index is 13.6. The number of nitro groups is 1. The zero-order valence-electron chi connectivity index (χ0n) is 19.3. The van der Waals surface area contributed by atoms with Crippen molar-refractivity contribution < 1.29 is 28.8 Å². The second-order valence-electron chi connectivity index (χ2n) is 8.48. The van der Waals surface area contributed by atoms with Gasteiger partial charge in [-0.15, -0.1) is 0 Å². The molecule has 4 atom stereocenters. The molecular formula is C24H28N2O7. The Morgan fingerprint density at radius 1 is 1.30 bits per heavy atom. The first-order chi connectivity index (χ1) is 15.6. The molecule has 1 heterocycles. The normalized spacial score (nSPS) is 23.4. The summed E-state index contributed by atoms with van der Waals surface area (Å²) in [6.07, 6.45) is 0.545. The second kappa shape index (κ2) is 9.56. The molecule has 1 aliphatic heterocycles. The van der Waals surface area contributed by atoms with Gasteiger partial charge in [-0.25, -0.2) is 4.79 Å². The predicted molar refractivity (Wildman–Crippen MR) is 119 cm³/mol. The van der Waals surface area contributed by atoms with Gasteiger partial charge < -0.3 is 14.8 Å². The quantitative estimate of drug-likeness (QED) is 0.298. The summed E-state index contributed by atoms with van der Waals surface area (Å²) < 4.78 is 10.4. The van der Waals surface area contributed by atoms with Gasteiger partial charge in [0.15, 0.2) is 5.78 Å². The minimum Gasteiger partial charge on any atom is -0.468 e. The van der Waals surface area contributed by atoms with Crippen LogP contribution in [0, 0.1) is 22.0 Å². The number of hydrogen-bond donors (Lipinski definition) is 1. The molecule has 1 aromatic rings. The average Bonchev–Trinajstić information content (AvgIpc) is 2.77. The highest BCUT2D eigenvalue weighted by Gasteiger charge is 2.48. The van der Waals surface area contributed by atoms with Crippen molar-refractivity contribution in [1.29, 1.82) is 0 Å². The molecule has 1 N–H and O–H groups in total. The lowest BCUT2D eigenvalue weighted by Crippen LogP contribution is -2.43. The van der Waals surface area contributed by atoms with Crippen molar-refractivity contribution in [3.63, 3.8) is 0 Å². The van der Waals surface area contributed by atoms with Crippen LogP contribution in [0.25, 0.3) is 0 Å². The predicted octanol–water partition coefficient (Wildman–Crippen LogP) is 3.55. The highest BCUT2D eigenvalue weighted by Crippen LogP contribution is 2.47. The molecule has 0 aromatic heterocycles. The number of ether oxygens (including phenoxy) is 2. The first kappa shape index (κ1) is 24.2. The number of benzene rings is 1. The fourth-order valence-corrected chi connectivity index (χ4v) is 4.49. The molecule has 9 heteroatoms. The molecule has 3 rings (SSSR count). The summed E-state index contributed by atoms with van der Waals surface area (Å²) in [5, 5.41) is 15.0. The van der Waals surface area contributed by atoms with Crippen LogP contribution in [0.2, 0.25) is 0 Å². The molecular weight excluding hydrogens is 428 g/mol. The van der Waals surface area contributed by atoms with E-state index < -0.39 is 34.5 Å². The topological polar surface area (TPSA) is 125 Å². The van der Waals surface area contributed by atoms with Crippen LogP contribution in [0.3, 0.4) is 0 Å². The summed E-state index contributed by atoms with van der Waals surface area (Å²) in [6.45, 7) is 7.07. The molecule has 0 saturated carbocycles. The molecule has 0 bridgehead atoms. The Labute approximate surface area is 192 Å². The third-order valence-electron chi connectivity index (χ3n) is 6.29. The van der Waals surface area contributed by atoms with E-state index in [1.807, 2.05) is 6.92 Å². The van der Waals surface area contributed by atoms with Gasteiger partial charge in [0.1, 0.15) is 5.92 Å². The van der Waals surface area contributed by atoms with Crippen molar-refractivity contribution in [1.82, 2.24) is 5.32 Å². The zero-order chi connectivity index (χ0) is 24.4. The fraction of sp³-hybridized carbons (Fsp3) is 0.458. The summed E-state index contributed by atoms with van der Waals surface area (Å²) in [5.41, 5.74) is 1.27. The van der Waals surface area contributed by atoms with Gasteiger partial charge in [0, 0.05) is 28.6 Å². The van der Waals surface area contributed by atoms with Gasteiger partial charge in [-0.2, -0.15) is 0 Å². The second-order valence-corrected chi connectivity index (χ2v) is 8.48. The number of carbonyl (C=O) groups excluding carboxylic acids is 3. The van der Waals surface area contributed by atoms with E-state index in [0.717, 1.165) is 0 Å². The molecule has 1 aliphatic carbocycles. The lowest BCUT2D eigenvalue weighted by molar-refractivity contribution is -0.385. The number of ketones is 1. The monoisotopic (exact) mass is 456 g/mol. The minimum absolute atomic E-state index is 0.120. The maximum atomic E-state index is 13.6. The van der Waals surface area contributed by atoms with Gasteiger partial charge >= 0.3 is 11.9 Å². The highest BCUT2D eigenvalue weighted by molar-refractivity contribution is 6.12. The molecule has 0 amide bonds. The van der Waals surface area contributed by atoms with Gasteiger partial charge in [-0.1, -0.05) is 32.0 Å². The molecule has 0 spiro atoms. The molecule has 0 fully saturated rings. The molecule has 2 aliphatic rings. The molecule has 0 radical (unpaired) electrons. The summed E-state index contributed by atoms with van der Waals surface area (Å²) in [4.78, 5) is 50.6. The molecule has 176 valence electrons. The molecule has 0 saturated heterocycles. The Morgan fingerprint density at radius 2 is 1.97 bits per heavy atom. The molecule has 9 nitrogen and oxygen atoms in total. The van der Waals surface area contributed by atoms with Gasteiger partial charge in [-0.05, 0) is 32.6 Å². The van der Waals surface area contributed by atoms with Crippen LogP contribution in [-0.2, 0) is 23.9 Å². The lowest BCUT2D eigenvalue weighted by Gasteiger charge is -2.38. The van der Waals surface area contributed by atoms with Crippen molar-refractivity contribution in [2.45, 2.75) is 52.6 Å². The van der Waals surface area contributed by atoms with E-state index in [4.69, 9.17) is 9.47 Å². The van der Waals surface area contributed by atoms with E-state index in [-0.39, 0.29) is 34.4 Å². The first-order valence-electron chi connectivity index (χ1n) is 10.9. The Balaban J connectivity index is 2.25. The summed E-state index contributed by atoms with van der Waals surface area (Å²) in [5.74, 6) is -4.30. The number of nitrogens with zero attached hydrogens (tertiary/aromatic N) is 1. The van der Waals surface area contributed by atoms with Crippen molar-refractivity contribution in [2.24, 2.45) is 11.8 Å². The highest BCUT2D eigenvalue weighted by atomic mass is 16.6. The van der Waals surface area contributed by atoms with Crippen LogP contribution >= 0.6 is 0 Å². The van der Waals surface area contributed by atoms with E-state index in [1.54, 1.807) is 26.8 Å². The van der Waals surface area contributed by atoms with E-state index in [1.165, 1.54) is 25.3 Å². The largest absolute Gasteiger partial charge is 0.468 e. The van der Waals surface area contributed by atoms with Crippen molar-refractivity contribution in [2.75, 3.05) is 7.11 Å². The van der Waals surface area contributed by atoms with Gasteiger partial charge in [0.25, 0.3) is 5.69 Å². The Hall–Kier alpha value is -3.49. The average molecular weight is 456 g/mol. The smallest absolute Gasteiger partial charge is 0.337 e. The van der Waals surface area contributed by atoms with Crippen LogP contribution in [0.4, 0.5) is 5.69 Å². The first-order valence-corrected chi connectivity index (χ1v) is 10.9. The van der Waals surface area contributed by atoms with Crippen molar-refractivity contribution in [3.05, 3.63) is 62.5 Å². The number of allylic oxidation sites excluding steroid dienone is 3. The van der Waals surface area contributed by atoms with Crippen LogP contribution in [0.1, 0.15) is 52.0 Å². The van der Waals surface area contributed by atoms with Crippen molar-refractivity contribution >= 4 is 23.4 Å². The fourth-order valence-electron chi connectivity index (χ4n) is 4.49. The number of esters is 2. The number of dihydropyridines is 1. The van der Waals surface area contributed by atoms with Gasteiger partial charge in [0.2, 0.25) is 0 Å². The number of nitro benzene ring substituents is 1. The number of para-hydroxylation sites is 1. The Kier molecular flexibility index (Phi) is 7.00. The Morgan fingerprint density at radius 3 is 2.58 bits per heavy atom. The number of carbonyl (C=O) groups is 3. The van der Waals surface area contributed by atoms with E-state index in [0.29, 0.717) is 24.2 Å². The molecule has 33 heavy (non-hydrogen) atoms. The lowest BCUT2D eigenvalue weighted by atomic mass is 9.69. The standard InChI is InChI=1S/C24H28N2O7/c1-6-13(3)33-24(29)19-14(4)25-16-11-12(2)18(23(28)32-5)22(27)21(16)20(19)15-9-7-8-10-17(15)26(30)31/h7-10,12-13,18,20,25H,6,11H2,1-5H3/t12-,13+,18-,20+/m1/s1. The number of Topliss-reactive ketones (excluding diaryl/α,β-unsaturated/α-hetero) is 1. The number of hydrogen-bond acceptors (Lipinski definition) is 8. The van der Waals surface area contributed by atoms with E-state index in [2.05, 4.69) is 5.32 Å². The maximum Gasteiger partial charge on any atom is 0.337 e. The number of nitrogens with one attached hydrogen (secondary N) is 1. The third-order valence-corrected chi connectivity index (χ3v) is 6.29. The van der Waals surface area contributed by atoms with Gasteiger partial charge in [0.05, 0.1) is 29.6 Å². The van der Waals surface area contributed by atoms with Crippen LogP contribution < -0.4 is 5.32 Å². The molecule has 1 aromatic carbocycles. The SMILES string of the molecule is CC[C@H](C)OC(=O)C1=C(C)NC2=C(C(=O)[C@H](C(=O)OC)[C@H](C)C2)[C@H]1c1ccccc1[N+](=O)[O-]. The number of methoxy groups -OCH3 is 1. The summed E-state index contributed by atoms with van der Waals surface area (Å²) in [7, 11) is 1.21. The van der Waals surface area contributed by atoms with Gasteiger partial charge in [-0.3, -0.25) is 19.7 Å². The van der Waals surface area contributed by atoms with Crippen LogP contribution in [0.5, 0.6) is 0 Å². The van der Waals surface area contributed by atoms with Crippen LogP contribution in [-0.4, -0.2) is 35.9 Å². The van der Waals surface area contributed by atoms with E-state index >= 15 is 0 Å². The Bertz CT molecular complexity index is 1070. The van der Waals surface area contributed by atoms with Crippen molar-refractivity contribution in [3.8, 4) is 0 Å². The number of rotatable bonds is 6. The summed E-state index contributed by atoms with van der Waals surface area (Å²) in [6, 6.07) is 6.00.